The van der Waals surface area contributed by atoms with E-state index >= 15 is 0 Å². The summed E-state index contributed by atoms with van der Waals surface area (Å²) in [6.07, 6.45) is 7.07. The first-order valence-electron chi connectivity index (χ1n) is 7.07. The molecule has 2 saturated carbocycles. The number of aliphatic carboxylic acids is 1. The van der Waals surface area contributed by atoms with Gasteiger partial charge < -0.3 is 10.0 Å². The topological polar surface area (TPSA) is 57.6 Å². The van der Waals surface area contributed by atoms with E-state index in [-0.39, 0.29) is 12.3 Å². The molecule has 0 atom stereocenters. The van der Waals surface area contributed by atoms with Gasteiger partial charge in [0.05, 0.1) is 0 Å². The molecular formula is C14H23NO3. The van der Waals surface area contributed by atoms with Crippen molar-refractivity contribution in [2.75, 3.05) is 7.05 Å². The molecule has 2 rings (SSSR count). The highest BCUT2D eigenvalue weighted by Crippen LogP contribution is 2.46. The lowest BCUT2D eigenvalue weighted by Gasteiger charge is -2.28. The third-order valence-electron chi connectivity index (χ3n) is 4.08. The van der Waals surface area contributed by atoms with Crippen molar-refractivity contribution in [3.05, 3.63) is 0 Å². The molecule has 0 aromatic heterocycles. The molecule has 18 heavy (non-hydrogen) atoms. The Labute approximate surface area is 108 Å². The molecule has 0 unspecified atom stereocenters. The number of nitrogens with zero attached hydrogens (tertiary/aromatic N) is 1. The molecule has 1 amide bonds. The van der Waals surface area contributed by atoms with Crippen molar-refractivity contribution >= 4 is 11.9 Å². The first kappa shape index (κ1) is 13.4. The van der Waals surface area contributed by atoms with Gasteiger partial charge in [-0.3, -0.25) is 9.59 Å². The van der Waals surface area contributed by atoms with Gasteiger partial charge in [0.1, 0.15) is 0 Å². The van der Waals surface area contributed by atoms with Gasteiger partial charge in [-0.05, 0) is 50.4 Å². The number of hydrogen-bond acceptors (Lipinski definition) is 2. The molecule has 2 aliphatic carbocycles. The van der Waals surface area contributed by atoms with Crippen LogP contribution >= 0.6 is 0 Å². The Morgan fingerprint density at radius 2 is 1.61 bits per heavy atom. The van der Waals surface area contributed by atoms with Gasteiger partial charge in [0.15, 0.2) is 0 Å². The van der Waals surface area contributed by atoms with Crippen molar-refractivity contribution in [2.24, 2.45) is 11.8 Å². The first-order chi connectivity index (χ1) is 8.59. The molecule has 0 radical (unpaired) electrons. The second-order valence-electron chi connectivity index (χ2n) is 5.77. The van der Waals surface area contributed by atoms with Crippen LogP contribution in [-0.2, 0) is 9.59 Å². The van der Waals surface area contributed by atoms with Crippen molar-refractivity contribution in [1.29, 1.82) is 0 Å². The Hall–Kier alpha value is -1.06. The van der Waals surface area contributed by atoms with Gasteiger partial charge in [0, 0.05) is 25.9 Å². The number of carboxylic acids is 1. The highest BCUT2D eigenvalue weighted by molar-refractivity contribution is 5.76. The molecule has 0 saturated heterocycles. The summed E-state index contributed by atoms with van der Waals surface area (Å²) >= 11 is 0. The molecule has 0 aromatic carbocycles. The fraction of sp³-hybridized carbons (Fsp3) is 0.857. The Bertz CT molecular complexity index is 309. The van der Waals surface area contributed by atoms with Crippen molar-refractivity contribution in [3.8, 4) is 0 Å². The summed E-state index contributed by atoms with van der Waals surface area (Å²) in [6, 6.07) is 0.469. The number of rotatable bonds is 8. The van der Waals surface area contributed by atoms with Crippen LogP contribution in [0.1, 0.15) is 51.4 Å². The molecule has 1 N–H and O–H groups in total. The monoisotopic (exact) mass is 253 g/mol. The SMILES string of the molecule is CN(C(=O)CCCCC(=O)O)C(C1CC1)C1CC1. The normalized spacial score (nSPS) is 19.0. The van der Waals surface area contributed by atoms with E-state index in [1.165, 1.54) is 25.7 Å². The van der Waals surface area contributed by atoms with Gasteiger partial charge in [-0.1, -0.05) is 0 Å². The lowest BCUT2D eigenvalue weighted by atomic mass is 10.0. The van der Waals surface area contributed by atoms with E-state index in [0.717, 1.165) is 11.8 Å². The van der Waals surface area contributed by atoms with E-state index in [9.17, 15) is 9.59 Å². The Kier molecular flexibility index (Phi) is 4.25. The minimum atomic E-state index is -0.773. The van der Waals surface area contributed by atoms with Crippen molar-refractivity contribution < 1.29 is 14.7 Å². The third kappa shape index (κ3) is 3.72. The van der Waals surface area contributed by atoms with Crippen LogP contribution in [0.3, 0.4) is 0 Å². The Morgan fingerprint density at radius 1 is 1.11 bits per heavy atom. The zero-order valence-corrected chi connectivity index (χ0v) is 11.1. The molecule has 0 aromatic rings. The predicted molar refractivity (Wildman–Crippen MR) is 68.1 cm³/mol. The minimum Gasteiger partial charge on any atom is -0.481 e. The maximum atomic E-state index is 12.1. The number of carbonyl (C=O) groups is 2. The van der Waals surface area contributed by atoms with E-state index in [1.807, 2.05) is 11.9 Å². The largest absolute Gasteiger partial charge is 0.481 e. The number of hydrogen-bond donors (Lipinski definition) is 1. The summed E-state index contributed by atoms with van der Waals surface area (Å²) < 4.78 is 0. The average Bonchev–Trinajstić information content (AvgIpc) is 3.16. The van der Waals surface area contributed by atoms with Crippen LogP contribution < -0.4 is 0 Å². The van der Waals surface area contributed by atoms with Gasteiger partial charge in [-0.15, -0.1) is 0 Å². The van der Waals surface area contributed by atoms with Gasteiger partial charge in [0.25, 0.3) is 0 Å². The molecule has 2 aliphatic rings. The summed E-state index contributed by atoms with van der Waals surface area (Å²) in [5.74, 6) is 0.907. The van der Waals surface area contributed by atoms with Crippen LogP contribution in [-0.4, -0.2) is 35.0 Å². The molecule has 0 aliphatic heterocycles. The van der Waals surface area contributed by atoms with E-state index in [1.54, 1.807) is 0 Å². The third-order valence-corrected chi connectivity index (χ3v) is 4.08. The van der Waals surface area contributed by atoms with E-state index < -0.39 is 5.97 Å². The zero-order valence-electron chi connectivity index (χ0n) is 11.1. The smallest absolute Gasteiger partial charge is 0.303 e. The lowest BCUT2D eigenvalue weighted by Crippen LogP contribution is -2.39. The lowest BCUT2D eigenvalue weighted by molar-refractivity contribution is -0.137. The van der Waals surface area contributed by atoms with Crippen LogP contribution in [0.15, 0.2) is 0 Å². The molecule has 0 spiro atoms. The molecule has 4 nitrogen and oxygen atoms in total. The summed E-state index contributed by atoms with van der Waals surface area (Å²) in [5, 5.41) is 8.54. The molecule has 102 valence electrons. The molecule has 0 bridgehead atoms. The second kappa shape index (κ2) is 5.72. The Morgan fingerprint density at radius 3 is 2.06 bits per heavy atom. The number of amides is 1. The molecule has 4 heteroatoms. The summed E-state index contributed by atoms with van der Waals surface area (Å²) in [7, 11) is 1.93. The fourth-order valence-corrected chi connectivity index (χ4v) is 2.79. The summed E-state index contributed by atoms with van der Waals surface area (Å²) in [4.78, 5) is 24.4. The van der Waals surface area contributed by atoms with Gasteiger partial charge in [-0.2, -0.15) is 0 Å². The molecule has 0 heterocycles. The fourth-order valence-electron chi connectivity index (χ4n) is 2.79. The number of unbranched alkanes of at least 4 members (excludes halogenated alkanes) is 1. The maximum Gasteiger partial charge on any atom is 0.303 e. The maximum absolute atomic E-state index is 12.1. The van der Waals surface area contributed by atoms with E-state index in [4.69, 9.17) is 5.11 Å². The van der Waals surface area contributed by atoms with Crippen molar-refractivity contribution in [1.82, 2.24) is 4.90 Å². The second-order valence-corrected chi connectivity index (χ2v) is 5.77. The average molecular weight is 253 g/mol. The highest BCUT2D eigenvalue weighted by atomic mass is 16.4. The van der Waals surface area contributed by atoms with Crippen LogP contribution in [0.5, 0.6) is 0 Å². The van der Waals surface area contributed by atoms with Crippen molar-refractivity contribution in [3.63, 3.8) is 0 Å². The van der Waals surface area contributed by atoms with Gasteiger partial charge in [0.2, 0.25) is 5.91 Å². The Balaban J connectivity index is 1.71. The zero-order chi connectivity index (χ0) is 13.1. The van der Waals surface area contributed by atoms with Crippen LogP contribution in [0.4, 0.5) is 0 Å². The number of carbonyl (C=O) groups excluding carboxylic acids is 1. The standard InChI is InChI=1S/C14H23NO3/c1-15(12(16)4-2-3-5-13(17)18)14(10-6-7-10)11-8-9-11/h10-11,14H,2-9H2,1H3,(H,17,18). The van der Waals surface area contributed by atoms with Gasteiger partial charge >= 0.3 is 5.97 Å². The highest BCUT2D eigenvalue weighted by Gasteiger charge is 2.44. The first-order valence-corrected chi connectivity index (χ1v) is 7.07. The minimum absolute atomic E-state index is 0.172. The van der Waals surface area contributed by atoms with Gasteiger partial charge in [-0.25, -0.2) is 0 Å². The predicted octanol–water partition coefficient (Wildman–Crippen LogP) is 2.28. The van der Waals surface area contributed by atoms with E-state index in [2.05, 4.69) is 0 Å². The van der Waals surface area contributed by atoms with Crippen molar-refractivity contribution in [2.45, 2.75) is 57.4 Å². The number of carboxylic acid groups (broad SMARTS) is 1. The summed E-state index contributed by atoms with van der Waals surface area (Å²) in [6.45, 7) is 0. The van der Waals surface area contributed by atoms with Crippen LogP contribution in [0.2, 0.25) is 0 Å². The molecule has 2 fully saturated rings. The van der Waals surface area contributed by atoms with E-state index in [0.29, 0.717) is 25.3 Å². The molecular weight excluding hydrogens is 230 g/mol. The van der Waals surface area contributed by atoms with Crippen LogP contribution in [0, 0.1) is 11.8 Å². The quantitative estimate of drug-likeness (QED) is 0.675. The van der Waals surface area contributed by atoms with Crippen LogP contribution in [0.25, 0.3) is 0 Å². The summed E-state index contributed by atoms with van der Waals surface area (Å²) in [5.41, 5.74) is 0.